The van der Waals surface area contributed by atoms with Crippen LogP contribution in [0.3, 0.4) is 0 Å². The molecule has 98 valence electrons. The zero-order valence-electron chi connectivity index (χ0n) is 10.4. The molecule has 2 N–H and O–H groups in total. The van der Waals surface area contributed by atoms with Crippen molar-refractivity contribution in [2.75, 3.05) is 32.0 Å². The Balaban J connectivity index is 1.64. The van der Waals surface area contributed by atoms with Gasteiger partial charge in [0, 0.05) is 5.69 Å². The van der Waals surface area contributed by atoms with Crippen molar-refractivity contribution in [3.05, 3.63) is 29.6 Å². The Morgan fingerprint density at radius 3 is 2.50 bits per heavy atom. The lowest BCUT2D eigenvalue weighted by Crippen LogP contribution is -2.51. The van der Waals surface area contributed by atoms with Gasteiger partial charge in [-0.3, -0.25) is 4.90 Å². The summed E-state index contributed by atoms with van der Waals surface area (Å²) < 4.78 is 19.1. The van der Waals surface area contributed by atoms with Crippen LogP contribution in [0.15, 0.2) is 18.2 Å². The molecule has 0 atom stereocenters. The maximum atomic E-state index is 13.9. The summed E-state index contributed by atoms with van der Waals surface area (Å²) in [4.78, 5) is 2.47. The zero-order valence-corrected chi connectivity index (χ0v) is 10.4. The molecule has 2 aliphatic rings. The molecule has 0 radical (unpaired) electrons. The van der Waals surface area contributed by atoms with E-state index in [1.54, 1.807) is 6.07 Å². The first-order valence-corrected chi connectivity index (χ1v) is 6.61. The van der Waals surface area contributed by atoms with E-state index in [9.17, 15) is 4.39 Å². The molecular weight excluding hydrogens is 231 g/mol. The Labute approximate surface area is 107 Å². The van der Waals surface area contributed by atoms with Crippen molar-refractivity contribution in [2.45, 2.75) is 24.8 Å². The van der Waals surface area contributed by atoms with Crippen molar-refractivity contribution in [1.82, 2.24) is 4.90 Å². The second-order valence-corrected chi connectivity index (χ2v) is 5.28. The van der Waals surface area contributed by atoms with Crippen LogP contribution in [0.1, 0.15) is 24.3 Å². The van der Waals surface area contributed by atoms with Gasteiger partial charge < -0.3 is 10.5 Å². The number of nitrogens with zero attached hydrogens (tertiary/aromatic N) is 1. The number of anilines is 1. The Morgan fingerprint density at radius 2 is 1.94 bits per heavy atom. The van der Waals surface area contributed by atoms with E-state index in [-0.39, 0.29) is 5.82 Å². The maximum Gasteiger partial charge on any atom is 0.128 e. The van der Waals surface area contributed by atoms with Crippen LogP contribution in [-0.4, -0.2) is 37.2 Å². The lowest BCUT2D eigenvalue weighted by atomic mass is 9.88. The number of hydrogen-bond donors (Lipinski definition) is 1. The van der Waals surface area contributed by atoms with Gasteiger partial charge in [-0.05, 0) is 49.5 Å². The molecule has 0 saturated carbocycles. The number of piperidine rings is 1. The lowest BCUT2D eigenvalue weighted by Gasteiger charge is -2.41. The minimum atomic E-state index is -0.152. The topological polar surface area (TPSA) is 38.5 Å². The molecule has 1 aromatic rings. The molecule has 0 amide bonds. The van der Waals surface area contributed by atoms with Gasteiger partial charge in [-0.25, -0.2) is 4.39 Å². The average molecular weight is 250 g/mol. The van der Waals surface area contributed by atoms with Gasteiger partial charge in [0.2, 0.25) is 0 Å². The zero-order chi connectivity index (χ0) is 12.5. The van der Waals surface area contributed by atoms with Crippen molar-refractivity contribution in [2.24, 2.45) is 0 Å². The van der Waals surface area contributed by atoms with Crippen LogP contribution in [0.5, 0.6) is 0 Å². The van der Waals surface area contributed by atoms with Crippen LogP contribution in [0, 0.1) is 5.82 Å². The lowest BCUT2D eigenvalue weighted by molar-refractivity contribution is -0.0713. The third kappa shape index (κ3) is 2.22. The van der Waals surface area contributed by atoms with Crippen LogP contribution in [0.25, 0.3) is 0 Å². The number of benzene rings is 1. The Kier molecular flexibility index (Phi) is 3.22. The van der Waals surface area contributed by atoms with Gasteiger partial charge in [-0.2, -0.15) is 0 Å². The number of halogens is 1. The molecule has 18 heavy (non-hydrogen) atoms. The summed E-state index contributed by atoms with van der Waals surface area (Å²) >= 11 is 0. The summed E-state index contributed by atoms with van der Waals surface area (Å²) in [6.07, 6.45) is 2.05. The van der Waals surface area contributed by atoms with Crippen molar-refractivity contribution in [1.29, 1.82) is 0 Å². The van der Waals surface area contributed by atoms with Crippen LogP contribution in [0.4, 0.5) is 10.1 Å². The molecule has 1 aromatic carbocycles. The van der Waals surface area contributed by atoms with Gasteiger partial charge >= 0.3 is 0 Å². The highest BCUT2D eigenvalue weighted by molar-refractivity contribution is 5.41. The van der Waals surface area contributed by atoms with E-state index in [1.165, 1.54) is 6.07 Å². The summed E-state index contributed by atoms with van der Waals surface area (Å²) in [5.41, 5.74) is 6.91. The van der Waals surface area contributed by atoms with E-state index >= 15 is 0 Å². The van der Waals surface area contributed by atoms with E-state index in [4.69, 9.17) is 10.5 Å². The number of nitrogens with two attached hydrogens (primary N) is 1. The molecule has 2 heterocycles. The van der Waals surface area contributed by atoms with Crippen molar-refractivity contribution < 1.29 is 9.13 Å². The van der Waals surface area contributed by atoms with E-state index in [2.05, 4.69) is 4.90 Å². The van der Waals surface area contributed by atoms with E-state index in [1.807, 2.05) is 6.07 Å². The molecule has 0 spiro atoms. The molecular formula is C14H19FN2O. The van der Waals surface area contributed by atoms with E-state index in [0.29, 0.717) is 17.6 Å². The second-order valence-electron chi connectivity index (χ2n) is 5.28. The van der Waals surface area contributed by atoms with Crippen LogP contribution in [0.2, 0.25) is 0 Å². The number of hydrogen-bond acceptors (Lipinski definition) is 3. The molecule has 4 heteroatoms. The highest BCUT2D eigenvalue weighted by Gasteiger charge is 2.30. The molecule has 0 bridgehead atoms. The molecule has 0 aromatic heterocycles. The third-order valence-corrected chi connectivity index (χ3v) is 4.13. The fourth-order valence-electron chi connectivity index (χ4n) is 2.88. The molecule has 2 fully saturated rings. The fraction of sp³-hybridized carbons (Fsp3) is 0.571. The van der Waals surface area contributed by atoms with Gasteiger partial charge in [-0.1, -0.05) is 6.07 Å². The minimum absolute atomic E-state index is 0.152. The predicted octanol–water partition coefficient (Wildman–Crippen LogP) is 1.99. The Bertz CT molecular complexity index is 426. The number of ether oxygens (including phenoxy) is 1. The fourth-order valence-corrected chi connectivity index (χ4v) is 2.88. The summed E-state index contributed by atoms with van der Waals surface area (Å²) in [5, 5.41) is 0. The van der Waals surface area contributed by atoms with Crippen LogP contribution < -0.4 is 5.73 Å². The van der Waals surface area contributed by atoms with Gasteiger partial charge in [0.05, 0.1) is 19.3 Å². The highest BCUT2D eigenvalue weighted by atomic mass is 19.1. The highest BCUT2D eigenvalue weighted by Crippen LogP contribution is 2.31. The predicted molar refractivity (Wildman–Crippen MR) is 69.0 cm³/mol. The first-order valence-electron chi connectivity index (χ1n) is 6.61. The van der Waals surface area contributed by atoms with E-state index in [0.717, 1.165) is 44.7 Å². The van der Waals surface area contributed by atoms with Gasteiger partial charge in [0.25, 0.3) is 0 Å². The van der Waals surface area contributed by atoms with Crippen molar-refractivity contribution in [3.8, 4) is 0 Å². The summed E-state index contributed by atoms with van der Waals surface area (Å²) in [6.45, 7) is 3.81. The number of likely N-dealkylation sites (tertiary alicyclic amines) is 1. The van der Waals surface area contributed by atoms with Gasteiger partial charge in [-0.15, -0.1) is 0 Å². The summed E-state index contributed by atoms with van der Waals surface area (Å²) in [5.74, 6) is 0.184. The van der Waals surface area contributed by atoms with Crippen molar-refractivity contribution >= 4 is 5.69 Å². The Morgan fingerprint density at radius 1 is 1.22 bits per heavy atom. The molecule has 0 aliphatic carbocycles. The Hall–Kier alpha value is -1.13. The molecule has 2 aliphatic heterocycles. The van der Waals surface area contributed by atoms with Crippen LogP contribution in [-0.2, 0) is 4.74 Å². The summed E-state index contributed by atoms with van der Waals surface area (Å²) in [7, 11) is 0. The minimum Gasteiger partial charge on any atom is -0.399 e. The molecule has 0 unspecified atom stereocenters. The molecule has 3 nitrogen and oxygen atoms in total. The molecule has 3 rings (SSSR count). The number of nitrogen functional groups attached to an aromatic ring is 1. The standard InChI is InChI=1S/C14H19FN2O/c15-14-7-11(16)1-2-13(14)10-3-5-17(6-4-10)12-8-18-9-12/h1-2,7,10,12H,3-6,8-9,16H2. The SMILES string of the molecule is Nc1ccc(C2CCN(C3COC3)CC2)c(F)c1. The number of rotatable bonds is 2. The average Bonchev–Trinajstić information content (AvgIpc) is 2.28. The van der Waals surface area contributed by atoms with Gasteiger partial charge in [0.15, 0.2) is 0 Å². The largest absolute Gasteiger partial charge is 0.399 e. The summed E-state index contributed by atoms with van der Waals surface area (Å²) in [6, 6.07) is 5.67. The smallest absolute Gasteiger partial charge is 0.128 e. The molecule has 2 saturated heterocycles. The van der Waals surface area contributed by atoms with Gasteiger partial charge in [0.1, 0.15) is 5.82 Å². The van der Waals surface area contributed by atoms with Crippen molar-refractivity contribution in [3.63, 3.8) is 0 Å². The van der Waals surface area contributed by atoms with Crippen LogP contribution >= 0.6 is 0 Å². The maximum absolute atomic E-state index is 13.9. The third-order valence-electron chi connectivity index (χ3n) is 4.13. The first kappa shape index (κ1) is 11.9. The quantitative estimate of drug-likeness (QED) is 0.816. The van der Waals surface area contributed by atoms with E-state index < -0.39 is 0 Å². The normalized spacial score (nSPS) is 22.9. The second kappa shape index (κ2) is 4.86. The monoisotopic (exact) mass is 250 g/mol. The first-order chi connectivity index (χ1) is 8.74.